The minimum Gasteiger partial charge on any atom is -0.462 e. The molecule has 1 atom stereocenters. The Morgan fingerprint density at radius 2 is 1.84 bits per heavy atom. The maximum Gasteiger partial charge on any atom is 0.341 e. The summed E-state index contributed by atoms with van der Waals surface area (Å²) in [5.74, 6) is -0.775. The van der Waals surface area contributed by atoms with Gasteiger partial charge in [0.1, 0.15) is 5.00 Å². The molecule has 2 aromatic heterocycles. The van der Waals surface area contributed by atoms with Gasteiger partial charge in [-0.1, -0.05) is 67.6 Å². The number of aromatic nitrogens is 2. The third-order valence-corrected chi connectivity index (χ3v) is 7.93. The fraction of sp³-hybridized carbons (Fsp3) is 0.286. The lowest BCUT2D eigenvalue weighted by Crippen LogP contribution is -2.27. The lowest BCUT2D eigenvalue weighted by Gasteiger charge is -2.16. The lowest BCUT2D eigenvalue weighted by molar-refractivity contribution is -0.115. The Morgan fingerprint density at radius 3 is 2.57 bits per heavy atom. The first kappa shape index (κ1) is 26.6. The molecule has 2 aromatic carbocycles. The molecule has 0 saturated carbocycles. The zero-order chi connectivity index (χ0) is 26.4. The summed E-state index contributed by atoms with van der Waals surface area (Å²) in [5.41, 5.74) is 1.76. The van der Waals surface area contributed by atoms with E-state index in [-0.39, 0.29) is 18.1 Å². The second-order valence-corrected chi connectivity index (χ2v) is 10.8. The van der Waals surface area contributed by atoms with E-state index >= 15 is 0 Å². The van der Waals surface area contributed by atoms with Crippen molar-refractivity contribution in [2.45, 2.75) is 50.6 Å². The highest BCUT2D eigenvalue weighted by Gasteiger charge is 2.24. The van der Waals surface area contributed by atoms with Gasteiger partial charge in [-0.2, -0.15) is 0 Å². The Bertz CT molecular complexity index is 1460. The van der Waals surface area contributed by atoms with Crippen molar-refractivity contribution >= 4 is 50.9 Å². The number of thiophene rings is 1. The Hall–Kier alpha value is -3.43. The van der Waals surface area contributed by atoms with Gasteiger partial charge in [-0.05, 0) is 44.0 Å². The largest absolute Gasteiger partial charge is 0.462 e. The van der Waals surface area contributed by atoms with E-state index in [1.807, 2.05) is 42.5 Å². The molecule has 4 aromatic rings. The Balaban J connectivity index is 1.61. The molecule has 0 spiro atoms. The third-order valence-electron chi connectivity index (χ3n) is 5.74. The number of esters is 1. The smallest absolute Gasteiger partial charge is 0.341 e. The molecule has 1 N–H and O–H groups in total. The summed E-state index contributed by atoms with van der Waals surface area (Å²) in [6.07, 6.45) is 1.76. The van der Waals surface area contributed by atoms with Crippen molar-refractivity contribution in [3.05, 3.63) is 76.6 Å². The fourth-order valence-electron chi connectivity index (χ4n) is 3.77. The average Bonchev–Trinajstić information content (AvgIpc) is 3.33. The van der Waals surface area contributed by atoms with Gasteiger partial charge in [0.2, 0.25) is 5.91 Å². The minimum atomic E-state index is -0.571. The molecule has 0 bridgehead atoms. The third kappa shape index (κ3) is 6.11. The van der Waals surface area contributed by atoms with E-state index in [1.165, 1.54) is 23.1 Å². The second-order valence-electron chi connectivity index (χ2n) is 8.41. The van der Waals surface area contributed by atoms with Crippen LogP contribution in [0.4, 0.5) is 5.00 Å². The molecule has 7 nitrogen and oxygen atoms in total. The number of unbranched alkanes of at least 4 members (excludes halogenated alkanes) is 1. The van der Waals surface area contributed by atoms with Crippen LogP contribution in [-0.4, -0.2) is 33.3 Å². The number of benzene rings is 2. The number of carbonyl (C=O) groups is 2. The predicted octanol–water partition coefficient (Wildman–Crippen LogP) is 6.22. The predicted molar refractivity (Wildman–Crippen MR) is 151 cm³/mol. The molecule has 9 heteroatoms. The second kappa shape index (κ2) is 12.2. The molecule has 37 heavy (non-hydrogen) atoms. The quantitative estimate of drug-likeness (QED) is 0.147. The van der Waals surface area contributed by atoms with Crippen LogP contribution < -0.4 is 10.9 Å². The molecule has 2 heterocycles. The van der Waals surface area contributed by atoms with Gasteiger partial charge in [0.15, 0.2) is 5.16 Å². The van der Waals surface area contributed by atoms with Gasteiger partial charge in [-0.15, -0.1) is 11.3 Å². The number of fused-ring (bicyclic) bond motifs is 1. The van der Waals surface area contributed by atoms with Crippen molar-refractivity contribution in [3.63, 3.8) is 0 Å². The number of carbonyl (C=O) groups excluding carboxylic acids is 2. The van der Waals surface area contributed by atoms with Gasteiger partial charge < -0.3 is 10.1 Å². The molecular formula is C28H29N3O4S2. The lowest BCUT2D eigenvalue weighted by atomic mass is 10.1. The van der Waals surface area contributed by atoms with Crippen LogP contribution in [0.25, 0.3) is 21.3 Å². The summed E-state index contributed by atoms with van der Waals surface area (Å²) in [6.45, 7) is 6.34. The number of nitrogens with one attached hydrogen (secondary N) is 1. The van der Waals surface area contributed by atoms with E-state index in [0.717, 1.165) is 23.3 Å². The summed E-state index contributed by atoms with van der Waals surface area (Å²) in [5, 5.41) is 3.84. The van der Waals surface area contributed by atoms with Crippen molar-refractivity contribution < 1.29 is 14.3 Å². The van der Waals surface area contributed by atoms with Crippen LogP contribution in [-0.2, 0) is 16.1 Å². The topological polar surface area (TPSA) is 90.3 Å². The van der Waals surface area contributed by atoms with Crippen LogP contribution >= 0.6 is 23.1 Å². The molecule has 1 amide bonds. The summed E-state index contributed by atoms with van der Waals surface area (Å²) < 4.78 is 6.88. The Morgan fingerprint density at radius 1 is 1.11 bits per heavy atom. The number of rotatable bonds is 10. The molecule has 1 unspecified atom stereocenters. The highest BCUT2D eigenvalue weighted by Crippen LogP contribution is 2.36. The van der Waals surface area contributed by atoms with Crippen LogP contribution in [0.15, 0.2) is 70.6 Å². The SMILES string of the molecule is CCCCn1c(SC(C)C(=O)Nc2sc(-c3ccccc3)cc2C(=O)OCC)nc2ccccc2c1=O. The summed E-state index contributed by atoms with van der Waals surface area (Å²) in [6, 6.07) is 18.7. The van der Waals surface area contributed by atoms with Crippen LogP contribution in [0, 0.1) is 0 Å². The number of anilines is 1. The van der Waals surface area contributed by atoms with Crippen LogP contribution in [0.2, 0.25) is 0 Å². The first-order valence-corrected chi connectivity index (χ1v) is 14.0. The van der Waals surface area contributed by atoms with Gasteiger partial charge in [0.25, 0.3) is 5.56 Å². The normalized spacial score (nSPS) is 11.9. The molecule has 0 fully saturated rings. The van der Waals surface area contributed by atoms with Crippen LogP contribution in [0.3, 0.4) is 0 Å². The van der Waals surface area contributed by atoms with Gasteiger partial charge in [0.05, 0.1) is 28.3 Å². The molecular weight excluding hydrogens is 506 g/mol. The van der Waals surface area contributed by atoms with Crippen molar-refractivity contribution in [3.8, 4) is 10.4 Å². The first-order valence-electron chi connectivity index (χ1n) is 12.3. The number of ether oxygens (including phenoxy) is 1. The highest BCUT2D eigenvalue weighted by atomic mass is 32.2. The molecule has 192 valence electrons. The summed E-state index contributed by atoms with van der Waals surface area (Å²) in [7, 11) is 0. The van der Waals surface area contributed by atoms with E-state index in [0.29, 0.717) is 33.2 Å². The minimum absolute atomic E-state index is 0.107. The Labute approximate surface area is 223 Å². The van der Waals surface area contributed by atoms with Gasteiger partial charge in [-0.3, -0.25) is 14.2 Å². The van der Waals surface area contributed by atoms with Crippen LogP contribution in [0.1, 0.15) is 44.0 Å². The van der Waals surface area contributed by atoms with Crippen molar-refractivity contribution in [1.29, 1.82) is 0 Å². The summed E-state index contributed by atoms with van der Waals surface area (Å²) >= 11 is 2.56. The molecule has 0 saturated heterocycles. The fourth-order valence-corrected chi connectivity index (χ4v) is 5.75. The molecule has 4 rings (SSSR count). The molecule has 0 aliphatic rings. The Kier molecular flexibility index (Phi) is 8.78. The van der Waals surface area contributed by atoms with E-state index < -0.39 is 11.2 Å². The van der Waals surface area contributed by atoms with E-state index in [1.54, 1.807) is 36.6 Å². The number of hydrogen-bond donors (Lipinski definition) is 1. The average molecular weight is 536 g/mol. The van der Waals surface area contributed by atoms with E-state index in [9.17, 15) is 14.4 Å². The number of nitrogens with zero attached hydrogens (tertiary/aromatic N) is 2. The zero-order valence-electron chi connectivity index (χ0n) is 21.0. The van der Waals surface area contributed by atoms with Gasteiger partial charge in [0, 0.05) is 11.4 Å². The maximum absolute atomic E-state index is 13.3. The molecule has 0 aliphatic carbocycles. The zero-order valence-corrected chi connectivity index (χ0v) is 22.7. The summed E-state index contributed by atoms with van der Waals surface area (Å²) in [4.78, 5) is 44.6. The number of hydrogen-bond acceptors (Lipinski definition) is 7. The number of para-hydroxylation sites is 1. The van der Waals surface area contributed by atoms with Crippen molar-refractivity contribution in [1.82, 2.24) is 9.55 Å². The van der Waals surface area contributed by atoms with E-state index in [2.05, 4.69) is 12.2 Å². The molecule has 0 radical (unpaired) electrons. The van der Waals surface area contributed by atoms with Crippen molar-refractivity contribution in [2.75, 3.05) is 11.9 Å². The highest BCUT2D eigenvalue weighted by molar-refractivity contribution is 8.00. The number of amides is 1. The van der Waals surface area contributed by atoms with Gasteiger partial charge in [-0.25, -0.2) is 9.78 Å². The number of thioether (sulfide) groups is 1. The first-order chi connectivity index (χ1) is 17.9. The van der Waals surface area contributed by atoms with Crippen LogP contribution in [0.5, 0.6) is 0 Å². The monoisotopic (exact) mass is 535 g/mol. The van der Waals surface area contributed by atoms with Gasteiger partial charge >= 0.3 is 5.97 Å². The maximum atomic E-state index is 13.3. The van der Waals surface area contributed by atoms with E-state index in [4.69, 9.17) is 9.72 Å². The molecule has 0 aliphatic heterocycles. The van der Waals surface area contributed by atoms with Crippen molar-refractivity contribution in [2.24, 2.45) is 0 Å². The standard InChI is InChI=1S/C28H29N3O4S2/c1-4-6-16-31-26(33)20-14-10-11-15-22(20)29-28(31)36-18(3)24(32)30-25-21(27(34)35-5-2)17-23(37-25)19-12-8-7-9-13-19/h7-15,17-18H,4-6,16H2,1-3H3,(H,30,32).